The minimum atomic E-state index is -3.55. The van der Waals surface area contributed by atoms with Gasteiger partial charge in [0, 0.05) is 12.1 Å². The van der Waals surface area contributed by atoms with Crippen LogP contribution in [0.1, 0.15) is 5.82 Å². The molecule has 0 aliphatic rings. The molecule has 3 aromatic rings. The van der Waals surface area contributed by atoms with Gasteiger partial charge >= 0.3 is 0 Å². The van der Waals surface area contributed by atoms with Gasteiger partial charge in [-0.3, -0.25) is 0 Å². The first-order chi connectivity index (χ1) is 12.9. The molecule has 1 aromatic heterocycles. The molecular formula is C19H21FN4O2S. The number of imidazole rings is 1. The maximum absolute atomic E-state index is 14.0. The fourth-order valence-electron chi connectivity index (χ4n) is 2.99. The number of aromatic nitrogens is 2. The Balaban J connectivity index is 2.15. The zero-order valence-corrected chi connectivity index (χ0v) is 15.9. The Morgan fingerprint density at radius 3 is 2.74 bits per heavy atom. The average molecular weight is 388 g/mol. The van der Waals surface area contributed by atoms with E-state index in [2.05, 4.69) is 9.71 Å². The summed E-state index contributed by atoms with van der Waals surface area (Å²) >= 11 is 0. The molecule has 3 N–H and O–H groups in total. The van der Waals surface area contributed by atoms with Gasteiger partial charge in [0.15, 0.2) is 0 Å². The van der Waals surface area contributed by atoms with Gasteiger partial charge in [-0.05, 0) is 43.8 Å². The van der Waals surface area contributed by atoms with Crippen molar-refractivity contribution in [2.75, 3.05) is 13.6 Å². The normalized spacial score (nSPS) is 12.7. The summed E-state index contributed by atoms with van der Waals surface area (Å²) in [6.45, 7) is 1.99. The zero-order valence-electron chi connectivity index (χ0n) is 15.1. The van der Waals surface area contributed by atoms with Gasteiger partial charge in [-0.15, -0.1) is 0 Å². The molecule has 142 valence electrons. The van der Waals surface area contributed by atoms with E-state index < -0.39 is 10.0 Å². The monoisotopic (exact) mass is 388 g/mol. The average Bonchev–Trinajstić information content (AvgIpc) is 2.97. The summed E-state index contributed by atoms with van der Waals surface area (Å²) in [6, 6.07) is 12.2. The Hall–Kier alpha value is -2.55. The number of allylic oxidation sites excluding steroid dienone is 1. The number of hydrogen-bond donors (Lipinski definition) is 2. The number of rotatable bonds is 6. The standard InChI is InChI=1S/C19H21FN4O2S/c1-13-23-19-17(14-5-3-6-16(11-14)27(25,26)22-2)7-4-8-18(19)24(13)12-15(20)9-10-21/h3-9,11,22H,10,12,21H2,1-2H3. The van der Waals surface area contributed by atoms with Gasteiger partial charge in [0.1, 0.15) is 11.7 Å². The first kappa shape index (κ1) is 19.2. The fourth-order valence-corrected chi connectivity index (χ4v) is 3.76. The number of aryl methyl sites for hydroxylation is 1. The number of nitrogens with one attached hydrogen (secondary N) is 1. The van der Waals surface area contributed by atoms with Crippen LogP contribution >= 0.6 is 0 Å². The summed E-state index contributed by atoms with van der Waals surface area (Å²) in [5, 5.41) is 0. The highest BCUT2D eigenvalue weighted by Crippen LogP contribution is 2.30. The Labute approximate surface area is 157 Å². The van der Waals surface area contributed by atoms with Crippen molar-refractivity contribution >= 4 is 21.1 Å². The molecule has 6 nitrogen and oxygen atoms in total. The van der Waals surface area contributed by atoms with Gasteiger partial charge in [-0.1, -0.05) is 24.3 Å². The van der Waals surface area contributed by atoms with Crippen molar-refractivity contribution in [3.05, 3.63) is 60.2 Å². The van der Waals surface area contributed by atoms with Crippen molar-refractivity contribution in [2.45, 2.75) is 18.4 Å². The first-order valence-electron chi connectivity index (χ1n) is 8.42. The predicted molar refractivity (Wildman–Crippen MR) is 104 cm³/mol. The zero-order chi connectivity index (χ0) is 19.6. The molecule has 3 rings (SSSR count). The predicted octanol–water partition coefficient (Wildman–Crippen LogP) is 2.73. The van der Waals surface area contributed by atoms with Gasteiger partial charge in [0.05, 0.1) is 22.5 Å². The summed E-state index contributed by atoms with van der Waals surface area (Å²) in [4.78, 5) is 4.76. The maximum atomic E-state index is 14.0. The molecule has 0 aliphatic carbocycles. The van der Waals surface area contributed by atoms with Gasteiger partial charge < -0.3 is 10.3 Å². The summed E-state index contributed by atoms with van der Waals surface area (Å²) in [5.74, 6) is 0.337. The van der Waals surface area contributed by atoms with Crippen molar-refractivity contribution in [1.82, 2.24) is 14.3 Å². The van der Waals surface area contributed by atoms with E-state index in [4.69, 9.17) is 5.73 Å². The second-order valence-corrected chi connectivity index (χ2v) is 7.93. The fraction of sp³-hybridized carbons (Fsp3) is 0.211. The summed E-state index contributed by atoms with van der Waals surface area (Å²) in [6.07, 6.45) is 1.33. The number of benzene rings is 2. The van der Waals surface area contributed by atoms with Gasteiger partial charge in [-0.25, -0.2) is 22.5 Å². The second kappa shape index (κ2) is 7.59. The molecule has 0 aliphatic heterocycles. The Bertz CT molecular complexity index is 1120. The molecule has 1 heterocycles. The lowest BCUT2D eigenvalue weighted by Crippen LogP contribution is -2.18. The van der Waals surface area contributed by atoms with Crippen molar-refractivity contribution in [1.29, 1.82) is 0 Å². The van der Waals surface area contributed by atoms with Crippen molar-refractivity contribution in [3.63, 3.8) is 0 Å². The number of fused-ring (bicyclic) bond motifs is 1. The summed E-state index contributed by atoms with van der Waals surface area (Å²) in [7, 11) is -2.18. The van der Waals surface area contributed by atoms with E-state index in [9.17, 15) is 12.8 Å². The molecule has 0 spiro atoms. The highest BCUT2D eigenvalue weighted by atomic mass is 32.2. The van der Waals surface area contributed by atoms with Crippen LogP contribution in [0.2, 0.25) is 0 Å². The third-order valence-corrected chi connectivity index (χ3v) is 5.75. The third-order valence-electron chi connectivity index (χ3n) is 4.34. The first-order valence-corrected chi connectivity index (χ1v) is 9.90. The number of sulfonamides is 1. The molecule has 0 atom stereocenters. The smallest absolute Gasteiger partial charge is 0.240 e. The maximum Gasteiger partial charge on any atom is 0.240 e. The molecule has 0 fully saturated rings. The molecule has 0 bridgehead atoms. The molecule has 0 amide bonds. The molecule has 0 saturated carbocycles. The SMILES string of the molecule is CNS(=O)(=O)c1cccc(-c2cccc3c2nc(C)n3CC(F)=CCN)c1. The van der Waals surface area contributed by atoms with E-state index in [1.807, 2.05) is 24.3 Å². The summed E-state index contributed by atoms with van der Waals surface area (Å²) < 4.78 is 42.3. The van der Waals surface area contributed by atoms with Crippen LogP contribution in [-0.2, 0) is 16.6 Å². The molecule has 0 unspecified atom stereocenters. The van der Waals surface area contributed by atoms with Crippen LogP contribution < -0.4 is 10.5 Å². The van der Waals surface area contributed by atoms with Crippen molar-refractivity contribution in [2.24, 2.45) is 5.73 Å². The van der Waals surface area contributed by atoms with Crippen molar-refractivity contribution in [3.8, 4) is 11.1 Å². The second-order valence-electron chi connectivity index (χ2n) is 6.04. The Morgan fingerprint density at radius 2 is 2.04 bits per heavy atom. The van der Waals surface area contributed by atoms with Gasteiger partial charge in [0.25, 0.3) is 0 Å². The minimum absolute atomic E-state index is 0.0527. The van der Waals surface area contributed by atoms with Gasteiger partial charge in [0.2, 0.25) is 10.0 Å². The van der Waals surface area contributed by atoms with Crippen LogP contribution in [0.15, 0.2) is 59.3 Å². The van der Waals surface area contributed by atoms with Crippen LogP contribution in [0, 0.1) is 6.92 Å². The molecule has 27 heavy (non-hydrogen) atoms. The highest BCUT2D eigenvalue weighted by Gasteiger charge is 2.16. The molecule has 2 aromatic carbocycles. The third kappa shape index (κ3) is 3.78. The van der Waals surface area contributed by atoms with Crippen LogP contribution in [0.25, 0.3) is 22.2 Å². The van der Waals surface area contributed by atoms with Crippen LogP contribution in [0.3, 0.4) is 0 Å². The van der Waals surface area contributed by atoms with E-state index in [1.54, 1.807) is 23.6 Å². The van der Waals surface area contributed by atoms with Gasteiger partial charge in [-0.2, -0.15) is 0 Å². The molecule has 8 heteroatoms. The molecule has 0 radical (unpaired) electrons. The molecular weight excluding hydrogens is 367 g/mol. The quantitative estimate of drug-likeness (QED) is 0.679. The van der Waals surface area contributed by atoms with E-state index in [-0.39, 0.29) is 23.8 Å². The van der Waals surface area contributed by atoms with Crippen molar-refractivity contribution < 1.29 is 12.8 Å². The van der Waals surface area contributed by atoms with Crippen LogP contribution in [0.5, 0.6) is 0 Å². The summed E-state index contributed by atoms with van der Waals surface area (Å²) in [5.41, 5.74) is 8.34. The largest absolute Gasteiger partial charge is 0.327 e. The van der Waals surface area contributed by atoms with E-state index >= 15 is 0 Å². The number of hydrogen-bond acceptors (Lipinski definition) is 4. The number of nitrogens with two attached hydrogens (primary N) is 1. The lowest BCUT2D eigenvalue weighted by Gasteiger charge is -2.08. The Kier molecular flexibility index (Phi) is 5.41. The van der Waals surface area contributed by atoms with Crippen LogP contribution in [-0.4, -0.2) is 31.6 Å². The van der Waals surface area contributed by atoms with Crippen LogP contribution in [0.4, 0.5) is 4.39 Å². The topological polar surface area (TPSA) is 90.0 Å². The lowest BCUT2D eigenvalue weighted by molar-refractivity contribution is 0.553. The van der Waals surface area contributed by atoms with E-state index in [0.717, 1.165) is 16.6 Å². The number of halogens is 1. The lowest BCUT2D eigenvalue weighted by atomic mass is 10.0. The highest BCUT2D eigenvalue weighted by molar-refractivity contribution is 7.89. The Morgan fingerprint density at radius 1 is 1.30 bits per heavy atom. The van der Waals surface area contributed by atoms with E-state index in [0.29, 0.717) is 11.3 Å². The minimum Gasteiger partial charge on any atom is -0.327 e. The van der Waals surface area contributed by atoms with E-state index in [1.165, 1.54) is 19.2 Å². The number of para-hydroxylation sites is 1. The number of nitrogens with zero attached hydrogens (tertiary/aromatic N) is 2. The molecule has 0 saturated heterocycles.